The van der Waals surface area contributed by atoms with Gasteiger partial charge in [-0.05, 0) is 57.9 Å². The lowest BCUT2D eigenvalue weighted by atomic mass is 9.97. The Morgan fingerprint density at radius 1 is 1.29 bits per heavy atom. The van der Waals surface area contributed by atoms with E-state index in [1.165, 1.54) is 18.3 Å². The van der Waals surface area contributed by atoms with E-state index in [-0.39, 0.29) is 29.7 Å². The molecule has 2 aromatic rings. The van der Waals surface area contributed by atoms with Crippen molar-refractivity contribution in [1.82, 2.24) is 14.9 Å². The lowest BCUT2D eigenvalue weighted by Crippen LogP contribution is -2.43. The van der Waals surface area contributed by atoms with E-state index in [0.29, 0.717) is 48.9 Å². The quantitative estimate of drug-likeness (QED) is 0.655. The van der Waals surface area contributed by atoms with Crippen LogP contribution in [-0.2, 0) is 9.53 Å². The van der Waals surface area contributed by atoms with Gasteiger partial charge in [0, 0.05) is 37.9 Å². The van der Waals surface area contributed by atoms with Gasteiger partial charge >= 0.3 is 5.97 Å². The fraction of sp³-hybridized carbons (Fsp3) is 0.478. The van der Waals surface area contributed by atoms with Crippen LogP contribution in [0.3, 0.4) is 0 Å². The van der Waals surface area contributed by atoms with Crippen molar-refractivity contribution in [2.45, 2.75) is 39.7 Å². The minimum Gasteiger partial charge on any atom is -0.466 e. The maximum Gasteiger partial charge on any atom is 0.310 e. The second-order valence-corrected chi connectivity index (χ2v) is 7.98. The van der Waals surface area contributed by atoms with Crippen LogP contribution >= 0.6 is 0 Å². The Hall–Kier alpha value is -3.03. The molecule has 0 radical (unpaired) electrons. The summed E-state index contributed by atoms with van der Waals surface area (Å²) in [5, 5.41) is 0. The number of halogens is 1. The smallest absolute Gasteiger partial charge is 0.310 e. The number of hydrogen-bond acceptors (Lipinski definition) is 6. The van der Waals surface area contributed by atoms with Crippen molar-refractivity contribution in [2.24, 2.45) is 5.92 Å². The normalized spacial score (nSPS) is 16.3. The van der Waals surface area contributed by atoms with Crippen molar-refractivity contribution in [1.29, 1.82) is 0 Å². The number of carbonyl (C=O) groups excluding carboxylic acids is 2. The first-order valence-corrected chi connectivity index (χ1v) is 10.6. The highest BCUT2D eigenvalue weighted by Gasteiger charge is 2.32. The van der Waals surface area contributed by atoms with Gasteiger partial charge < -0.3 is 14.5 Å². The zero-order valence-electron chi connectivity index (χ0n) is 18.5. The number of hydrogen-bond donors (Lipinski definition) is 0. The van der Waals surface area contributed by atoms with Crippen LogP contribution in [0.4, 0.5) is 10.2 Å². The van der Waals surface area contributed by atoms with Crippen molar-refractivity contribution in [2.75, 3.05) is 31.6 Å². The molecule has 1 saturated heterocycles. The second-order valence-electron chi connectivity index (χ2n) is 7.98. The highest BCUT2D eigenvalue weighted by Crippen LogP contribution is 2.26. The van der Waals surface area contributed by atoms with Crippen LogP contribution in [0.1, 0.15) is 44.0 Å². The summed E-state index contributed by atoms with van der Waals surface area (Å²) < 4.78 is 18.4. The van der Waals surface area contributed by atoms with Gasteiger partial charge in [0.1, 0.15) is 17.2 Å². The summed E-state index contributed by atoms with van der Waals surface area (Å²) in [6.07, 6.45) is 2.97. The molecule has 8 heteroatoms. The molecule has 1 aromatic carbocycles. The lowest BCUT2D eigenvalue weighted by molar-refractivity contribution is -0.149. The van der Waals surface area contributed by atoms with Crippen LogP contribution in [0.15, 0.2) is 30.5 Å². The Bertz CT molecular complexity index is 933. The summed E-state index contributed by atoms with van der Waals surface area (Å²) in [6, 6.07) is 6.02. The number of benzene rings is 1. The average molecular weight is 429 g/mol. The number of nitrogens with zero attached hydrogens (tertiary/aromatic N) is 4. The predicted octanol–water partition coefficient (Wildman–Crippen LogP) is 3.54. The Morgan fingerprint density at radius 3 is 2.65 bits per heavy atom. The monoisotopic (exact) mass is 428 g/mol. The first-order valence-electron chi connectivity index (χ1n) is 10.6. The van der Waals surface area contributed by atoms with E-state index in [1.807, 2.05) is 25.8 Å². The number of anilines is 1. The second kappa shape index (κ2) is 9.85. The Morgan fingerprint density at radius 2 is 2.00 bits per heavy atom. The molecule has 0 saturated carbocycles. The fourth-order valence-corrected chi connectivity index (χ4v) is 3.56. The maximum atomic E-state index is 13.4. The van der Waals surface area contributed by atoms with Crippen LogP contribution < -0.4 is 4.90 Å². The predicted molar refractivity (Wildman–Crippen MR) is 116 cm³/mol. The Balaban J connectivity index is 1.92. The van der Waals surface area contributed by atoms with Gasteiger partial charge in [0.15, 0.2) is 5.82 Å². The third kappa shape index (κ3) is 5.18. The van der Waals surface area contributed by atoms with Crippen molar-refractivity contribution in [3.63, 3.8) is 0 Å². The minimum absolute atomic E-state index is 0.0937. The Labute approximate surface area is 182 Å². The van der Waals surface area contributed by atoms with Crippen LogP contribution in [0.25, 0.3) is 11.4 Å². The molecule has 1 atom stereocenters. The van der Waals surface area contributed by atoms with Gasteiger partial charge in [-0.15, -0.1) is 0 Å². The molecular formula is C23H29FN4O3. The van der Waals surface area contributed by atoms with E-state index in [4.69, 9.17) is 4.74 Å². The molecule has 166 valence electrons. The average Bonchev–Trinajstić information content (AvgIpc) is 2.78. The first-order chi connectivity index (χ1) is 14.8. The van der Waals surface area contributed by atoms with E-state index >= 15 is 0 Å². The zero-order chi connectivity index (χ0) is 22.5. The largest absolute Gasteiger partial charge is 0.466 e. The SMILES string of the molecule is CCOC(=O)C1CCCN(C(=O)c2cnc(-c3ccc(F)cc3)nc2N(C)C(C)C)C1. The van der Waals surface area contributed by atoms with Gasteiger partial charge in [0.25, 0.3) is 5.91 Å². The van der Waals surface area contributed by atoms with E-state index in [1.54, 1.807) is 24.0 Å². The number of likely N-dealkylation sites (tertiary alicyclic amines) is 1. The highest BCUT2D eigenvalue weighted by molar-refractivity contribution is 5.99. The van der Waals surface area contributed by atoms with Gasteiger partial charge in [0.05, 0.1) is 12.5 Å². The number of aromatic nitrogens is 2. The topological polar surface area (TPSA) is 75.6 Å². The summed E-state index contributed by atoms with van der Waals surface area (Å²) in [6.45, 7) is 7.00. The number of piperidine rings is 1. The van der Waals surface area contributed by atoms with E-state index in [9.17, 15) is 14.0 Å². The number of carbonyl (C=O) groups is 2. The van der Waals surface area contributed by atoms with Crippen LogP contribution in [-0.4, -0.2) is 59.5 Å². The number of amides is 1. The molecule has 7 nitrogen and oxygen atoms in total. The zero-order valence-corrected chi connectivity index (χ0v) is 18.5. The first kappa shape index (κ1) is 22.7. The molecular weight excluding hydrogens is 399 g/mol. The highest BCUT2D eigenvalue weighted by atomic mass is 19.1. The number of esters is 1. The van der Waals surface area contributed by atoms with Gasteiger partial charge in [-0.2, -0.15) is 0 Å². The van der Waals surface area contributed by atoms with Gasteiger partial charge in [-0.25, -0.2) is 14.4 Å². The Kier molecular flexibility index (Phi) is 7.20. The standard InChI is InChI=1S/C23H29FN4O3/c1-5-31-23(30)17-7-6-12-28(14-17)22(29)19-13-25-20(16-8-10-18(24)11-9-16)26-21(19)27(4)15(2)3/h8-11,13,15,17H,5-7,12,14H2,1-4H3. The number of rotatable bonds is 6. The molecule has 0 bridgehead atoms. The molecule has 0 spiro atoms. The molecule has 2 heterocycles. The van der Waals surface area contributed by atoms with Crippen molar-refractivity contribution >= 4 is 17.7 Å². The molecule has 1 aliphatic heterocycles. The third-order valence-corrected chi connectivity index (χ3v) is 5.54. The summed E-state index contributed by atoms with van der Waals surface area (Å²) in [7, 11) is 1.87. The van der Waals surface area contributed by atoms with Crippen molar-refractivity contribution in [3.8, 4) is 11.4 Å². The molecule has 0 aliphatic carbocycles. The fourth-order valence-electron chi connectivity index (χ4n) is 3.56. The molecule has 1 aromatic heterocycles. The van der Waals surface area contributed by atoms with E-state index in [0.717, 1.165) is 6.42 Å². The molecule has 0 N–H and O–H groups in total. The van der Waals surface area contributed by atoms with Crippen LogP contribution in [0.2, 0.25) is 0 Å². The van der Waals surface area contributed by atoms with Gasteiger partial charge in [-0.1, -0.05) is 0 Å². The van der Waals surface area contributed by atoms with Gasteiger partial charge in [-0.3, -0.25) is 9.59 Å². The summed E-state index contributed by atoms with van der Waals surface area (Å²) in [5.74, 6) is -0.195. The molecule has 1 fully saturated rings. The lowest BCUT2D eigenvalue weighted by Gasteiger charge is -2.33. The molecule has 31 heavy (non-hydrogen) atoms. The molecule has 1 amide bonds. The van der Waals surface area contributed by atoms with Crippen LogP contribution in [0, 0.1) is 11.7 Å². The summed E-state index contributed by atoms with van der Waals surface area (Å²) >= 11 is 0. The molecule has 3 rings (SSSR count). The summed E-state index contributed by atoms with van der Waals surface area (Å²) in [5.41, 5.74) is 1.05. The molecule has 1 aliphatic rings. The third-order valence-electron chi connectivity index (χ3n) is 5.54. The van der Waals surface area contributed by atoms with Crippen molar-refractivity contribution < 1.29 is 18.7 Å². The number of ether oxygens (including phenoxy) is 1. The van der Waals surface area contributed by atoms with Crippen molar-refractivity contribution in [3.05, 3.63) is 41.8 Å². The van der Waals surface area contributed by atoms with E-state index in [2.05, 4.69) is 9.97 Å². The summed E-state index contributed by atoms with van der Waals surface area (Å²) in [4.78, 5) is 38.2. The van der Waals surface area contributed by atoms with Gasteiger partial charge in [0.2, 0.25) is 0 Å². The van der Waals surface area contributed by atoms with Crippen LogP contribution in [0.5, 0.6) is 0 Å². The minimum atomic E-state index is -0.337. The molecule has 1 unspecified atom stereocenters. The van der Waals surface area contributed by atoms with E-state index < -0.39 is 0 Å². The maximum absolute atomic E-state index is 13.4.